The minimum Gasteiger partial charge on any atom is -0.390 e. The lowest BCUT2D eigenvalue weighted by Gasteiger charge is -2.10. The number of hydrogen-bond acceptors (Lipinski definition) is 3. The minimum absolute atomic E-state index is 0.252. The highest BCUT2D eigenvalue weighted by Crippen LogP contribution is 2.21. The molecule has 0 saturated heterocycles. The van der Waals surface area contributed by atoms with Crippen molar-refractivity contribution in [2.75, 3.05) is 0 Å². The van der Waals surface area contributed by atoms with E-state index in [1.807, 2.05) is 38.1 Å². The van der Waals surface area contributed by atoms with Crippen molar-refractivity contribution in [2.45, 2.75) is 40.2 Å². The highest BCUT2D eigenvalue weighted by Gasteiger charge is 2.14. The van der Waals surface area contributed by atoms with Crippen LogP contribution in [-0.2, 0) is 13.0 Å². The van der Waals surface area contributed by atoms with Gasteiger partial charge in [-0.15, -0.1) is 13.2 Å². The predicted octanol–water partition coefficient (Wildman–Crippen LogP) is 4.25. The fraction of sp³-hybridized carbons (Fsp3) is 0.286. The molecule has 0 atom stereocenters. The van der Waals surface area contributed by atoms with Crippen molar-refractivity contribution in [3.63, 3.8) is 0 Å². The molecule has 1 aromatic carbocycles. The largest absolute Gasteiger partial charge is 0.390 e. The van der Waals surface area contributed by atoms with Gasteiger partial charge in [0, 0.05) is 5.02 Å². The Hall–Kier alpha value is -2.86. The van der Waals surface area contributed by atoms with Crippen LogP contribution in [0.4, 0.5) is 0 Å². The number of aryl methyl sites for hydroxylation is 1. The third-order valence-corrected chi connectivity index (χ3v) is 4.40. The number of aromatic nitrogens is 3. The average molecular weight is 402 g/mol. The van der Waals surface area contributed by atoms with Crippen molar-refractivity contribution < 1.29 is 0 Å². The Balaban J connectivity index is 0.00000190. The molecule has 6 nitrogen and oxygen atoms in total. The molecule has 150 valence electrons. The molecule has 0 aliphatic rings. The monoisotopic (exact) mass is 401 g/mol. The number of benzene rings is 1. The van der Waals surface area contributed by atoms with Gasteiger partial charge in [0.05, 0.1) is 24.3 Å². The second-order valence-electron chi connectivity index (χ2n) is 5.62. The van der Waals surface area contributed by atoms with E-state index in [2.05, 4.69) is 30.2 Å². The number of nitrogens with zero attached hydrogens (tertiary/aromatic N) is 4. The molecule has 1 heterocycles. The van der Waals surface area contributed by atoms with Crippen LogP contribution in [0.2, 0.25) is 5.02 Å². The summed E-state index contributed by atoms with van der Waals surface area (Å²) in [6.07, 6.45) is 8.02. The molecule has 0 radical (unpaired) electrons. The fourth-order valence-electron chi connectivity index (χ4n) is 2.76. The molecule has 0 bridgehead atoms. The van der Waals surface area contributed by atoms with Gasteiger partial charge in [-0.05, 0) is 37.0 Å². The number of hydrogen-bond donors (Lipinski definition) is 1. The highest BCUT2D eigenvalue weighted by atomic mass is 35.5. The van der Waals surface area contributed by atoms with Gasteiger partial charge in [-0.1, -0.05) is 49.7 Å². The van der Waals surface area contributed by atoms with Crippen LogP contribution < -0.4 is 11.4 Å². The summed E-state index contributed by atoms with van der Waals surface area (Å²) in [6.45, 7) is 12.2. The van der Waals surface area contributed by atoms with Crippen LogP contribution in [0.5, 0.6) is 0 Å². The third kappa shape index (κ3) is 5.33. The summed E-state index contributed by atoms with van der Waals surface area (Å²) in [5.41, 5.74) is 8.46. The molecule has 2 rings (SSSR count). The third-order valence-electron chi connectivity index (χ3n) is 4.04. The van der Waals surface area contributed by atoms with Crippen LogP contribution in [0.25, 0.3) is 5.70 Å². The number of nitrogens with two attached hydrogens (primary N) is 1. The lowest BCUT2D eigenvalue weighted by molar-refractivity contribution is 0.650. The molecule has 0 unspecified atom stereocenters. The van der Waals surface area contributed by atoms with Gasteiger partial charge >= 0.3 is 5.69 Å². The van der Waals surface area contributed by atoms with E-state index < -0.39 is 0 Å². The SMILES string of the molecule is C/C=C(N=CN)\C(=C/CC)n1cnn(Cc2c(Cl)cccc2CC)c1=O.C=C. The minimum atomic E-state index is -0.252. The van der Waals surface area contributed by atoms with E-state index in [9.17, 15) is 4.79 Å². The molecule has 0 fully saturated rings. The number of halogens is 1. The van der Waals surface area contributed by atoms with E-state index in [1.54, 1.807) is 6.08 Å². The molecule has 28 heavy (non-hydrogen) atoms. The molecule has 0 aliphatic carbocycles. The maximum atomic E-state index is 12.9. The smallest absolute Gasteiger partial charge is 0.350 e. The van der Waals surface area contributed by atoms with Crippen molar-refractivity contribution in [1.82, 2.24) is 14.3 Å². The van der Waals surface area contributed by atoms with E-state index in [0.717, 1.165) is 24.0 Å². The predicted molar refractivity (Wildman–Crippen MR) is 119 cm³/mol. The lowest BCUT2D eigenvalue weighted by atomic mass is 10.1. The first-order chi connectivity index (χ1) is 13.6. The lowest BCUT2D eigenvalue weighted by Crippen LogP contribution is -2.26. The van der Waals surface area contributed by atoms with Gasteiger partial charge in [-0.3, -0.25) is 0 Å². The first kappa shape index (κ1) is 23.2. The Morgan fingerprint density at radius 1 is 1.36 bits per heavy atom. The summed E-state index contributed by atoms with van der Waals surface area (Å²) in [7, 11) is 0. The zero-order chi connectivity index (χ0) is 21.1. The van der Waals surface area contributed by atoms with Crippen LogP contribution >= 0.6 is 11.6 Å². The molecule has 0 spiro atoms. The molecule has 2 aromatic rings. The Morgan fingerprint density at radius 2 is 2.07 bits per heavy atom. The second kappa shape index (κ2) is 11.8. The van der Waals surface area contributed by atoms with Gasteiger partial charge < -0.3 is 5.73 Å². The van der Waals surface area contributed by atoms with Crippen molar-refractivity contribution in [1.29, 1.82) is 0 Å². The van der Waals surface area contributed by atoms with Gasteiger partial charge in [0.1, 0.15) is 6.33 Å². The molecule has 7 heteroatoms. The summed E-state index contributed by atoms with van der Waals surface area (Å²) in [6, 6.07) is 5.76. The normalized spacial score (nSPS) is 12.1. The van der Waals surface area contributed by atoms with E-state index in [4.69, 9.17) is 17.3 Å². The van der Waals surface area contributed by atoms with Crippen LogP contribution in [-0.4, -0.2) is 20.7 Å². The molecular weight excluding hydrogens is 374 g/mol. The van der Waals surface area contributed by atoms with E-state index in [-0.39, 0.29) is 5.69 Å². The first-order valence-electron chi connectivity index (χ1n) is 9.09. The van der Waals surface area contributed by atoms with Crippen molar-refractivity contribution >= 4 is 23.6 Å². The van der Waals surface area contributed by atoms with Crippen molar-refractivity contribution in [3.8, 4) is 0 Å². The van der Waals surface area contributed by atoms with Crippen LogP contribution in [0.15, 0.2) is 65.3 Å². The van der Waals surface area contributed by atoms with Gasteiger partial charge in [0.15, 0.2) is 0 Å². The molecule has 0 saturated carbocycles. The van der Waals surface area contributed by atoms with Crippen LogP contribution in [0, 0.1) is 0 Å². The Kier molecular flexibility index (Phi) is 9.74. The molecular formula is C21H28ClN5O. The van der Waals surface area contributed by atoms with Gasteiger partial charge in [0.25, 0.3) is 0 Å². The Labute approximate surface area is 171 Å². The highest BCUT2D eigenvalue weighted by molar-refractivity contribution is 6.31. The standard InChI is InChI=1S/C19H24ClN5O.C2H4/c1-4-8-18(17(6-3)22-12-21)24-13-23-25(19(24)26)11-15-14(5-2)9-7-10-16(15)20;1-2/h6-10,12-13H,4-5,11H2,1-3H3,(H2,21,22);1-2H2/b17-6+,18-8+;. The van der Waals surface area contributed by atoms with E-state index >= 15 is 0 Å². The van der Waals surface area contributed by atoms with Crippen molar-refractivity contribution in [3.05, 3.63) is 82.2 Å². The topological polar surface area (TPSA) is 78.2 Å². The Morgan fingerprint density at radius 3 is 2.64 bits per heavy atom. The average Bonchev–Trinajstić information content (AvgIpc) is 3.07. The van der Waals surface area contributed by atoms with Crippen LogP contribution in [0.1, 0.15) is 38.3 Å². The number of rotatable bonds is 7. The zero-order valence-corrected chi connectivity index (χ0v) is 17.5. The quantitative estimate of drug-likeness (QED) is 0.326. The van der Waals surface area contributed by atoms with Gasteiger partial charge in [-0.25, -0.2) is 19.0 Å². The van der Waals surface area contributed by atoms with Crippen molar-refractivity contribution in [2.24, 2.45) is 10.7 Å². The Bertz CT molecular complexity index is 921. The number of allylic oxidation sites excluding steroid dienone is 3. The summed E-state index contributed by atoms with van der Waals surface area (Å²) in [5.74, 6) is 0. The maximum absolute atomic E-state index is 12.9. The van der Waals surface area contributed by atoms with Gasteiger partial charge in [-0.2, -0.15) is 5.10 Å². The second-order valence-corrected chi connectivity index (χ2v) is 6.03. The number of aliphatic imine (C=N–C) groups is 1. The summed E-state index contributed by atoms with van der Waals surface area (Å²) < 4.78 is 2.89. The van der Waals surface area contributed by atoms with Crippen LogP contribution in [0.3, 0.4) is 0 Å². The molecule has 1 aromatic heterocycles. The first-order valence-corrected chi connectivity index (χ1v) is 9.47. The maximum Gasteiger partial charge on any atom is 0.350 e. The fourth-order valence-corrected chi connectivity index (χ4v) is 3.01. The molecule has 2 N–H and O–H groups in total. The molecule has 0 aliphatic heterocycles. The summed E-state index contributed by atoms with van der Waals surface area (Å²) in [4.78, 5) is 17.0. The van der Waals surface area contributed by atoms with Gasteiger partial charge in [0.2, 0.25) is 0 Å². The zero-order valence-electron chi connectivity index (χ0n) is 16.7. The van der Waals surface area contributed by atoms with E-state index in [1.165, 1.54) is 21.9 Å². The van der Waals surface area contributed by atoms with E-state index in [0.29, 0.717) is 23.0 Å². The summed E-state index contributed by atoms with van der Waals surface area (Å²) >= 11 is 6.34. The molecule has 0 amide bonds. The summed E-state index contributed by atoms with van der Waals surface area (Å²) in [5, 5.41) is 4.90.